The standard InChI is InChI=1S/C9H14N2.C2H6/c1-3-6-10-9-5-4-8(2)11-7-9;1-2/h4-5,7,10H,3,6H2,1-2H3;1-2H3. The van der Waals surface area contributed by atoms with Gasteiger partial charge in [-0.25, -0.2) is 0 Å². The highest BCUT2D eigenvalue weighted by Crippen LogP contribution is 2.04. The van der Waals surface area contributed by atoms with Crippen molar-refractivity contribution in [1.82, 2.24) is 4.98 Å². The molecule has 0 spiro atoms. The summed E-state index contributed by atoms with van der Waals surface area (Å²) in [5.74, 6) is 0. The quantitative estimate of drug-likeness (QED) is 0.772. The molecule has 0 aromatic carbocycles. The maximum atomic E-state index is 4.17. The van der Waals surface area contributed by atoms with Gasteiger partial charge in [-0.05, 0) is 25.5 Å². The lowest BCUT2D eigenvalue weighted by Crippen LogP contribution is -1.99. The second kappa shape index (κ2) is 7.59. The van der Waals surface area contributed by atoms with Crippen LogP contribution in [0.2, 0.25) is 0 Å². The highest BCUT2D eigenvalue weighted by Gasteiger charge is 1.88. The van der Waals surface area contributed by atoms with Crippen LogP contribution in [-0.2, 0) is 0 Å². The normalized spacial score (nSPS) is 8.62. The van der Waals surface area contributed by atoms with Gasteiger partial charge in [-0.1, -0.05) is 20.8 Å². The van der Waals surface area contributed by atoms with E-state index in [1.54, 1.807) is 0 Å². The van der Waals surface area contributed by atoms with Gasteiger partial charge in [-0.3, -0.25) is 4.98 Å². The van der Waals surface area contributed by atoms with Crippen molar-refractivity contribution >= 4 is 5.69 Å². The van der Waals surface area contributed by atoms with Gasteiger partial charge in [-0.2, -0.15) is 0 Å². The molecule has 2 nitrogen and oxygen atoms in total. The molecular weight excluding hydrogens is 160 g/mol. The lowest BCUT2D eigenvalue weighted by molar-refractivity contribution is 0.976. The molecule has 13 heavy (non-hydrogen) atoms. The van der Waals surface area contributed by atoms with Crippen LogP contribution in [0.5, 0.6) is 0 Å². The maximum Gasteiger partial charge on any atom is 0.0526 e. The summed E-state index contributed by atoms with van der Waals surface area (Å²) >= 11 is 0. The van der Waals surface area contributed by atoms with Crippen molar-refractivity contribution in [1.29, 1.82) is 0 Å². The van der Waals surface area contributed by atoms with Crippen LogP contribution >= 0.6 is 0 Å². The van der Waals surface area contributed by atoms with Crippen molar-refractivity contribution in [2.45, 2.75) is 34.1 Å². The summed E-state index contributed by atoms with van der Waals surface area (Å²) in [6, 6.07) is 4.07. The van der Waals surface area contributed by atoms with Crippen molar-refractivity contribution in [3.8, 4) is 0 Å². The zero-order valence-electron chi connectivity index (χ0n) is 9.09. The molecule has 0 amide bonds. The maximum absolute atomic E-state index is 4.17. The molecule has 1 N–H and O–H groups in total. The number of rotatable bonds is 3. The predicted molar refractivity (Wildman–Crippen MR) is 59.1 cm³/mol. The van der Waals surface area contributed by atoms with Gasteiger partial charge in [0.1, 0.15) is 0 Å². The zero-order chi connectivity index (χ0) is 10.1. The molecule has 0 bridgehead atoms. The van der Waals surface area contributed by atoms with Crippen LogP contribution in [0.15, 0.2) is 18.3 Å². The number of hydrogen-bond acceptors (Lipinski definition) is 2. The number of pyridine rings is 1. The van der Waals surface area contributed by atoms with Crippen molar-refractivity contribution < 1.29 is 0 Å². The summed E-state index contributed by atoms with van der Waals surface area (Å²) in [7, 11) is 0. The fourth-order valence-electron chi connectivity index (χ4n) is 0.842. The molecule has 0 aliphatic heterocycles. The van der Waals surface area contributed by atoms with E-state index >= 15 is 0 Å². The molecule has 0 aliphatic rings. The summed E-state index contributed by atoms with van der Waals surface area (Å²) in [6.45, 7) is 9.16. The topological polar surface area (TPSA) is 24.9 Å². The van der Waals surface area contributed by atoms with Gasteiger partial charge in [-0.15, -0.1) is 0 Å². The summed E-state index contributed by atoms with van der Waals surface area (Å²) < 4.78 is 0. The molecule has 1 aromatic heterocycles. The Morgan fingerprint density at radius 1 is 1.31 bits per heavy atom. The molecule has 0 saturated carbocycles. The third-order valence-corrected chi connectivity index (χ3v) is 1.49. The minimum atomic E-state index is 1.02. The number of anilines is 1. The van der Waals surface area contributed by atoms with Crippen molar-refractivity contribution in [2.75, 3.05) is 11.9 Å². The van der Waals surface area contributed by atoms with Crippen LogP contribution in [0, 0.1) is 6.92 Å². The Morgan fingerprint density at radius 2 is 2.00 bits per heavy atom. The first-order chi connectivity index (χ1) is 6.33. The minimum absolute atomic E-state index is 1.02. The van der Waals surface area contributed by atoms with Crippen LogP contribution < -0.4 is 5.32 Å². The van der Waals surface area contributed by atoms with E-state index in [4.69, 9.17) is 0 Å². The fraction of sp³-hybridized carbons (Fsp3) is 0.545. The molecule has 1 aromatic rings. The van der Waals surface area contributed by atoms with E-state index in [0.29, 0.717) is 0 Å². The Morgan fingerprint density at radius 3 is 2.46 bits per heavy atom. The van der Waals surface area contributed by atoms with E-state index in [1.807, 2.05) is 33.0 Å². The van der Waals surface area contributed by atoms with Crippen LogP contribution in [0.3, 0.4) is 0 Å². The number of aryl methyl sites for hydroxylation is 1. The summed E-state index contributed by atoms with van der Waals surface area (Å²) in [5.41, 5.74) is 2.17. The smallest absolute Gasteiger partial charge is 0.0526 e. The van der Waals surface area contributed by atoms with Crippen LogP contribution in [0.25, 0.3) is 0 Å². The average molecular weight is 180 g/mol. The number of aromatic nitrogens is 1. The van der Waals surface area contributed by atoms with Gasteiger partial charge >= 0.3 is 0 Å². The second-order valence-corrected chi connectivity index (χ2v) is 2.62. The van der Waals surface area contributed by atoms with Gasteiger partial charge in [0.25, 0.3) is 0 Å². The Labute approximate surface area is 81.4 Å². The predicted octanol–water partition coefficient (Wildman–Crippen LogP) is 3.24. The summed E-state index contributed by atoms with van der Waals surface area (Å²) in [5, 5.41) is 3.26. The van der Waals surface area contributed by atoms with Crippen LogP contribution in [-0.4, -0.2) is 11.5 Å². The Bertz CT molecular complexity index is 204. The third kappa shape index (κ3) is 5.23. The largest absolute Gasteiger partial charge is 0.384 e. The van der Waals surface area contributed by atoms with Crippen LogP contribution in [0.4, 0.5) is 5.69 Å². The summed E-state index contributed by atoms with van der Waals surface area (Å²) in [6.07, 6.45) is 3.01. The van der Waals surface area contributed by atoms with Crippen molar-refractivity contribution in [2.24, 2.45) is 0 Å². The lowest BCUT2D eigenvalue weighted by Gasteiger charge is -2.02. The monoisotopic (exact) mass is 180 g/mol. The molecule has 0 saturated heterocycles. The number of nitrogens with zero attached hydrogens (tertiary/aromatic N) is 1. The Balaban J connectivity index is 0.000000671. The molecule has 0 radical (unpaired) electrons. The highest BCUT2D eigenvalue weighted by molar-refractivity contribution is 5.40. The molecule has 0 aliphatic carbocycles. The van der Waals surface area contributed by atoms with E-state index in [0.717, 1.165) is 24.3 Å². The number of nitrogens with one attached hydrogen (secondary N) is 1. The molecule has 0 fully saturated rings. The van der Waals surface area contributed by atoms with Crippen LogP contribution in [0.1, 0.15) is 32.9 Å². The molecule has 74 valence electrons. The SMILES string of the molecule is CC.CCCNc1ccc(C)nc1. The molecule has 1 rings (SSSR count). The first-order valence-corrected chi connectivity index (χ1v) is 4.99. The molecule has 2 heteroatoms. The van der Waals surface area contributed by atoms with Gasteiger partial charge in [0, 0.05) is 12.2 Å². The fourth-order valence-corrected chi connectivity index (χ4v) is 0.842. The van der Waals surface area contributed by atoms with E-state index in [9.17, 15) is 0 Å². The first-order valence-electron chi connectivity index (χ1n) is 4.99. The zero-order valence-corrected chi connectivity index (χ0v) is 9.09. The lowest BCUT2D eigenvalue weighted by atomic mass is 10.3. The molecular formula is C11H20N2. The van der Waals surface area contributed by atoms with Gasteiger partial charge in [0.05, 0.1) is 11.9 Å². The van der Waals surface area contributed by atoms with Gasteiger partial charge in [0.15, 0.2) is 0 Å². The van der Waals surface area contributed by atoms with E-state index < -0.39 is 0 Å². The van der Waals surface area contributed by atoms with Gasteiger partial charge in [0.2, 0.25) is 0 Å². The molecule has 1 heterocycles. The van der Waals surface area contributed by atoms with E-state index in [2.05, 4.69) is 23.3 Å². The molecule has 0 atom stereocenters. The van der Waals surface area contributed by atoms with E-state index in [1.165, 1.54) is 0 Å². The first kappa shape index (κ1) is 11.9. The molecule has 0 unspecified atom stereocenters. The third-order valence-electron chi connectivity index (χ3n) is 1.49. The Kier molecular flexibility index (Phi) is 6.98. The average Bonchev–Trinajstić information content (AvgIpc) is 2.20. The second-order valence-electron chi connectivity index (χ2n) is 2.62. The minimum Gasteiger partial charge on any atom is -0.384 e. The van der Waals surface area contributed by atoms with Crippen molar-refractivity contribution in [3.05, 3.63) is 24.0 Å². The van der Waals surface area contributed by atoms with Gasteiger partial charge < -0.3 is 5.32 Å². The summed E-state index contributed by atoms with van der Waals surface area (Å²) in [4.78, 5) is 4.17. The van der Waals surface area contributed by atoms with Crippen molar-refractivity contribution in [3.63, 3.8) is 0 Å². The van der Waals surface area contributed by atoms with E-state index in [-0.39, 0.29) is 0 Å². The Hall–Kier alpha value is -1.05. The number of hydrogen-bond donors (Lipinski definition) is 1. The highest BCUT2D eigenvalue weighted by atomic mass is 14.9.